The monoisotopic (exact) mass is 626 g/mol. The summed E-state index contributed by atoms with van der Waals surface area (Å²) >= 11 is 0. The lowest BCUT2D eigenvalue weighted by molar-refractivity contribution is 0.565. The minimum absolute atomic E-state index is 0.857. The van der Waals surface area contributed by atoms with Crippen molar-refractivity contribution in [2.45, 2.75) is 26.2 Å². The molecule has 0 aromatic heterocycles. The second kappa shape index (κ2) is 11.9. The highest BCUT2D eigenvalue weighted by Gasteiger charge is 2.24. The highest BCUT2D eigenvalue weighted by molar-refractivity contribution is 6.80. The number of fused-ring (bicyclic) bond motifs is 4. The van der Waals surface area contributed by atoms with Crippen molar-refractivity contribution in [2.24, 2.45) is 0 Å². The van der Waals surface area contributed by atoms with E-state index >= 15 is 0 Å². The maximum absolute atomic E-state index is 6.47. The highest BCUT2D eigenvalue weighted by atomic mass is 28.4. The smallest absolute Gasteiger partial charge is 0.324 e. The normalized spacial score (nSPS) is 11.6. The van der Waals surface area contributed by atoms with Crippen LogP contribution in [0.2, 0.25) is 26.2 Å². The fourth-order valence-electron chi connectivity index (χ4n) is 5.91. The van der Waals surface area contributed by atoms with Crippen LogP contribution in [-0.2, 0) is 0 Å². The van der Waals surface area contributed by atoms with Gasteiger partial charge in [0.05, 0.1) is 0 Å². The second-order valence-electron chi connectivity index (χ2n) is 12.6. The van der Waals surface area contributed by atoms with E-state index < -0.39 is 16.6 Å². The van der Waals surface area contributed by atoms with Crippen LogP contribution in [0.4, 0.5) is 0 Å². The van der Waals surface area contributed by atoms with Crippen molar-refractivity contribution in [1.82, 2.24) is 0 Å². The molecule has 7 rings (SSSR count). The molecule has 7 aromatic carbocycles. The molecule has 46 heavy (non-hydrogen) atoms. The van der Waals surface area contributed by atoms with Gasteiger partial charge in [-0.3, -0.25) is 0 Å². The average Bonchev–Trinajstić information content (AvgIpc) is 3.05. The zero-order chi connectivity index (χ0) is 31.7. The Morgan fingerprint density at radius 1 is 0.391 bits per heavy atom. The molecule has 0 saturated carbocycles. The molecule has 0 heterocycles. The van der Waals surface area contributed by atoms with Crippen LogP contribution >= 0.6 is 0 Å². The summed E-state index contributed by atoms with van der Waals surface area (Å²) in [5.74, 6) is 9.06. The largest absolute Gasteiger partial charge is 0.532 e. The Labute approximate surface area is 272 Å². The first-order chi connectivity index (χ1) is 22.2. The van der Waals surface area contributed by atoms with E-state index in [-0.39, 0.29) is 0 Å². The summed E-state index contributed by atoms with van der Waals surface area (Å²) in [4.78, 5) is 0. The fraction of sp³-hybridized carbons (Fsp3) is 0.0952. The fourth-order valence-corrected chi connectivity index (χ4v) is 8.32. The van der Waals surface area contributed by atoms with E-state index in [1.54, 1.807) is 0 Å². The Morgan fingerprint density at radius 2 is 0.674 bits per heavy atom. The summed E-state index contributed by atoms with van der Waals surface area (Å²) in [6, 6.07) is 46.2. The summed E-state index contributed by atoms with van der Waals surface area (Å²) in [7, 11) is -4.80. The molecule has 0 amide bonds. The molecule has 0 atom stereocenters. The summed E-state index contributed by atoms with van der Waals surface area (Å²) < 4.78 is 12.9. The van der Waals surface area contributed by atoms with Crippen LogP contribution in [0.1, 0.15) is 11.1 Å². The van der Waals surface area contributed by atoms with Crippen molar-refractivity contribution in [3.8, 4) is 34.4 Å². The van der Waals surface area contributed by atoms with E-state index in [1.165, 1.54) is 21.5 Å². The molecule has 0 saturated heterocycles. The van der Waals surface area contributed by atoms with Gasteiger partial charge in [-0.25, -0.2) is 0 Å². The van der Waals surface area contributed by atoms with Crippen molar-refractivity contribution in [2.75, 3.05) is 0 Å². The van der Waals surface area contributed by atoms with E-state index in [9.17, 15) is 0 Å². The molecular weight excluding hydrogens is 593 g/mol. The number of rotatable bonds is 4. The minimum Gasteiger partial charge on any atom is -0.532 e. The van der Waals surface area contributed by atoms with Gasteiger partial charge in [-0.1, -0.05) is 108 Å². The van der Waals surface area contributed by atoms with E-state index in [0.717, 1.165) is 44.2 Å². The molecule has 2 nitrogen and oxygen atoms in total. The van der Waals surface area contributed by atoms with Gasteiger partial charge < -0.3 is 8.85 Å². The lowest BCUT2D eigenvalue weighted by Gasteiger charge is -2.19. The van der Waals surface area contributed by atoms with Crippen LogP contribution in [0.3, 0.4) is 0 Å². The van der Waals surface area contributed by atoms with E-state index in [1.807, 2.05) is 60.7 Å². The maximum atomic E-state index is 6.47. The first-order valence-electron chi connectivity index (χ1n) is 15.6. The van der Waals surface area contributed by atoms with Gasteiger partial charge >= 0.3 is 16.6 Å². The molecule has 4 heteroatoms. The van der Waals surface area contributed by atoms with Gasteiger partial charge in [0, 0.05) is 11.1 Å². The second-order valence-corrected chi connectivity index (χ2v) is 19.5. The highest BCUT2D eigenvalue weighted by Crippen LogP contribution is 2.37. The average molecular weight is 627 g/mol. The summed E-state index contributed by atoms with van der Waals surface area (Å²) in [6.45, 7) is 8.62. The van der Waals surface area contributed by atoms with Gasteiger partial charge in [-0.05, 0) is 118 Å². The Hall–Kier alpha value is -5.27. The van der Waals surface area contributed by atoms with Crippen molar-refractivity contribution in [3.63, 3.8) is 0 Å². The van der Waals surface area contributed by atoms with Gasteiger partial charge in [0.15, 0.2) is 0 Å². The SMILES string of the molecule is C[Si](C)(C#Cc1c2cc3ccccc3cc2c(C#C[Si](C)(C)Oc2ccccc2)c2cc3ccccc3cc12)Oc1ccccc1. The lowest BCUT2D eigenvalue weighted by Crippen LogP contribution is -2.32. The predicted molar refractivity (Wildman–Crippen MR) is 199 cm³/mol. The van der Waals surface area contributed by atoms with Gasteiger partial charge in [0.2, 0.25) is 0 Å². The molecular formula is C42H34O2Si2. The van der Waals surface area contributed by atoms with Gasteiger partial charge in [0.1, 0.15) is 11.5 Å². The molecule has 0 bridgehead atoms. The number of hydrogen-bond acceptors (Lipinski definition) is 2. The van der Waals surface area contributed by atoms with Crippen LogP contribution in [0.5, 0.6) is 11.5 Å². The van der Waals surface area contributed by atoms with Crippen LogP contribution in [0.15, 0.2) is 133 Å². The third-order valence-corrected chi connectivity index (χ3v) is 11.0. The number of hydrogen-bond donors (Lipinski definition) is 0. The molecule has 0 spiro atoms. The molecule has 0 aliphatic rings. The Bertz CT molecular complexity index is 2110. The van der Waals surface area contributed by atoms with Crippen LogP contribution < -0.4 is 8.85 Å². The van der Waals surface area contributed by atoms with Crippen LogP contribution in [0, 0.1) is 22.9 Å². The van der Waals surface area contributed by atoms with Crippen LogP contribution in [0.25, 0.3) is 43.1 Å². The molecule has 0 aliphatic carbocycles. The van der Waals surface area contributed by atoms with Gasteiger partial charge in [-0.2, -0.15) is 0 Å². The van der Waals surface area contributed by atoms with E-state index in [4.69, 9.17) is 8.85 Å². The van der Waals surface area contributed by atoms with Crippen molar-refractivity contribution >= 4 is 59.7 Å². The topological polar surface area (TPSA) is 18.5 Å². The van der Waals surface area contributed by atoms with Crippen molar-refractivity contribution < 1.29 is 8.85 Å². The third-order valence-electron chi connectivity index (χ3n) is 8.06. The zero-order valence-corrected chi connectivity index (χ0v) is 28.5. The number of benzene rings is 7. The van der Waals surface area contributed by atoms with Crippen LogP contribution in [-0.4, -0.2) is 16.6 Å². The minimum atomic E-state index is -2.40. The molecule has 0 unspecified atom stereocenters. The maximum Gasteiger partial charge on any atom is 0.324 e. The Balaban J connectivity index is 1.50. The quantitative estimate of drug-likeness (QED) is 0.110. The van der Waals surface area contributed by atoms with Gasteiger partial charge in [0.25, 0.3) is 0 Å². The molecule has 0 radical (unpaired) electrons. The predicted octanol–water partition coefficient (Wildman–Crippen LogP) is 10.6. The number of para-hydroxylation sites is 2. The van der Waals surface area contributed by atoms with Gasteiger partial charge in [-0.15, -0.1) is 0 Å². The van der Waals surface area contributed by atoms with Crippen molar-refractivity contribution in [1.29, 1.82) is 0 Å². The lowest BCUT2D eigenvalue weighted by atomic mass is 9.89. The van der Waals surface area contributed by atoms with E-state index in [0.29, 0.717) is 0 Å². The van der Waals surface area contributed by atoms with E-state index in [2.05, 4.69) is 122 Å². The third kappa shape index (κ3) is 6.15. The molecule has 0 fully saturated rings. The first-order valence-corrected chi connectivity index (χ1v) is 21.4. The molecule has 222 valence electrons. The summed E-state index contributed by atoms with van der Waals surface area (Å²) in [5, 5.41) is 9.12. The molecule has 7 aromatic rings. The molecule has 0 aliphatic heterocycles. The Kier molecular flexibility index (Phi) is 7.63. The molecule has 0 N–H and O–H groups in total. The zero-order valence-electron chi connectivity index (χ0n) is 26.5. The summed E-state index contributed by atoms with van der Waals surface area (Å²) in [5.41, 5.74) is 9.28. The standard InChI is InChI=1S/C42H34O2Si2/c1-45(2,43-35-19-7-5-8-20-35)25-23-37-39-27-31-15-11-13-17-33(31)29-41(39)38(24-26-46(3,4)44-36-21-9-6-10-22-36)42-30-34-18-14-12-16-32(34)28-40(37)42/h5-22,27-30H,1-4H3. The Morgan fingerprint density at radius 3 is 0.978 bits per heavy atom. The first kappa shape index (κ1) is 29.4. The summed E-state index contributed by atoms with van der Waals surface area (Å²) in [6.07, 6.45) is 0. The van der Waals surface area contributed by atoms with Crippen molar-refractivity contribution in [3.05, 3.63) is 145 Å².